The van der Waals surface area contributed by atoms with Gasteiger partial charge in [0.05, 0.1) is 5.76 Å². The van der Waals surface area contributed by atoms with Crippen LogP contribution >= 0.6 is 0 Å². The van der Waals surface area contributed by atoms with Gasteiger partial charge in [-0.2, -0.15) is 0 Å². The summed E-state index contributed by atoms with van der Waals surface area (Å²) < 4.78 is 0. The van der Waals surface area contributed by atoms with Gasteiger partial charge in [0.25, 0.3) is 0 Å². The molecule has 1 N–H and O–H groups in total. The van der Waals surface area contributed by atoms with E-state index in [9.17, 15) is 0 Å². The fourth-order valence-electron chi connectivity index (χ4n) is 3.25. The van der Waals surface area contributed by atoms with Crippen molar-refractivity contribution in [2.45, 2.75) is 112 Å². The van der Waals surface area contributed by atoms with Crippen LogP contribution in [0.15, 0.2) is 70.6 Å². The molecule has 0 radical (unpaired) electrons. The molecule has 0 saturated heterocycles. The van der Waals surface area contributed by atoms with Gasteiger partial charge < -0.3 is 5.11 Å². The van der Waals surface area contributed by atoms with Crippen LogP contribution in [0.25, 0.3) is 0 Å². The standard InChI is InChI=1S/C29H48O/c1-24(2)14-11-17-27(5)20-12-18-25(3)15-9-8-10-16-26(4)19-13-21-28(6)22-23-29(7)30/h14-16,20-21,30H,7-13,17-19,22-23H2,1-6H3/b25-15+,26-16+,27-20+,28-21+. The molecule has 0 aliphatic rings. The Morgan fingerprint density at radius 2 is 0.900 bits per heavy atom. The molecule has 0 unspecified atom stereocenters. The largest absolute Gasteiger partial charge is 0.513 e. The first-order valence-corrected chi connectivity index (χ1v) is 11.8. The quantitative estimate of drug-likeness (QED) is 0.152. The molecular weight excluding hydrogens is 364 g/mol. The molecule has 0 aromatic rings. The Morgan fingerprint density at radius 1 is 0.533 bits per heavy atom. The van der Waals surface area contributed by atoms with Crippen LogP contribution in [0.2, 0.25) is 0 Å². The summed E-state index contributed by atoms with van der Waals surface area (Å²) in [6.07, 6.45) is 24.0. The van der Waals surface area contributed by atoms with Gasteiger partial charge in [0.2, 0.25) is 0 Å². The average molecular weight is 413 g/mol. The van der Waals surface area contributed by atoms with E-state index >= 15 is 0 Å². The van der Waals surface area contributed by atoms with Gasteiger partial charge in [-0.15, -0.1) is 0 Å². The van der Waals surface area contributed by atoms with Crippen LogP contribution in [0, 0.1) is 0 Å². The van der Waals surface area contributed by atoms with Crippen LogP contribution in [-0.2, 0) is 0 Å². The van der Waals surface area contributed by atoms with Gasteiger partial charge in [-0.05, 0) is 106 Å². The van der Waals surface area contributed by atoms with Crippen molar-refractivity contribution in [2.75, 3.05) is 0 Å². The van der Waals surface area contributed by atoms with Gasteiger partial charge in [0, 0.05) is 6.42 Å². The molecule has 1 nitrogen and oxygen atoms in total. The second kappa shape index (κ2) is 18.0. The van der Waals surface area contributed by atoms with E-state index in [1.165, 1.54) is 72.8 Å². The monoisotopic (exact) mass is 412 g/mol. The van der Waals surface area contributed by atoms with Gasteiger partial charge in [0.1, 0.15) is 0 Å². The van der Waals surface area contributed by atoms with Crippen molar-refractivity contribution in [2.24, 2.45) is 0 Å². The lowest BCUT2D eigenvalue weighted by Gasteiger charge is -2.03. The second-order valence-corrected chi connectivity index (χ2v) is 9.10. The Labute approximate surface area is 188 Å². The van der Waals surface area contributed by atoms with Crippen molar-refractivity contribution in [3.05, 3.63) is 70.6 Å². The molecule has 0 aliphatic heterocycles. The number of aliphatic hydroxyl groups is 1. The Kier molecular flexibility index (Phi) is 17.0. The molecule has 170 valence electrons. The third-order valence-electron chi connectivity index (χ3n) is 5.36. The Balaban J connectivity index is 3.97. The summed E-state index contributed by atoms with van der Waals surface area (Å²) in [5.41, 5.74) is 7.29. The van der Waals surface area contributed by atoms with E-state index in [4.69, 9.17) is 5.11 Å². The summed E-state index contributed by atoms with van der Waals surface area (Å²) in [4.78, 5) is 0. The molecule has 0 heterocycles. The van der Waals surface area contributed by atoms with E-state index in [1.807, 2.05) is 0 Å². The smallest absolute Gasteiger partial charge is 0.0854 e. The first kappa shape index (κ1) is 28.2. The zero-order chi connectivity index (χ0) is 22.8. The van der Waals surface area contributed by atoms with Crippen molar-refractivity contribution in [3.8, 4) is 0 Å². The van der Waals surface area contributed by atoms with E-state index in [-0.39, 0.29) is 5.76 Å². The predicted octanol–water partition coefficient (Wildman–Crippen LogP) is 10.1. The number of allylic oxidation sites excluding steroid dienone is 11. The fourth-order valence-corrected chi connectivity index (χ4v) is 3.25. The van der Waals surface area contributed by atoms with Crippen molar-refractivity contribution in [3.63, 3.8) is 0 Å². The lowest BCUT2D eigenvalue weighted by Crippen LogP contribution is -1.83. The molecular formula is C29H48O. The minimum Gasteiger partial charge on any atom is -0.513 e. The first-order valence-electron chi connectivity index (χ1n) is 11.8. The van der Waals surface area contributed by atoms with Crippen LogP contribution in [0.4, 0.5) is 0 Å². The molecule has 0 saturated carbocycles. The molecule has 0 fully saturated rings. The summed E-state index contributed by atoms with van der Waals surface area (Å²) in [7, 11) is 0. The van der Waals surface area contributed by atoms with Crippen LogP contribution in [-0.4, -0.2) is 5.11 Å². The minimum atomic E-state index is 0.282. The highest BCUT2D eigenvalue weighted by atomic mass is 16.3. The lowest BCUT2D eigenvalue weighted by molar-refractivity contribution is 0.391. The highest BCUT2D eigenvalue weighted by Gasteiger charge is 1.95. The predicted molar refractivity (Wildman–Crippen MR) is 137 cm³/mol. The van der Waals surface area contributed by atoms with Crippen LogP contribution < -0.4 is 0 Å². The molecule has 0 aromatic carbocycles. The maximum atomic E-state index is 9.16. The third-order valence-corrected chi connectivity index (χ3v) is 5.36. The maximum absolute atomic E-state index is 9.16. The average Bonchev–Trinajstić information content (AvgIpc) is 2.65. The Hall–Kier alpha value is -1.76. The SMILES string of the molecule is C=C(O)CC/C(C)=C/CC/C(C)=C/CCC/C=C(\C)CC/C=C(\C)CCC=C(C)C. The highest BCUT2D eigenvalue weighted by Crippen LogP contribution is 2.15. The first-order chi connectivity index (χ1) is 14.2. The number of aliphatic hydroxyl groups excluding tert-OH is 1. The zero-order valence-corrected chi connectivity index (χ0v) is 20.8. The minimum absolute atomic E-state index is 0.282. The van der Waals surface area contributed by atoms with Crippen molar-refractivity contribution >= 4 is 0 Å². The lowest BCUT2D eigenvalue weighted by atomic mass is 10.0. The number of hydrogen-bond acceptors (Lipinski definition) is 1. The summed E-state index contributed by atoms with van der Waals surface area (Å²) in [5.74, 6) is 0.282. The van der Waals surface area contributed by atoms with Crippen LogP contribution in [0.1, 0.15) is 112 Å². The molecule has 1 heteroatoms. The fraction of sp³-hybridized carbons (Fsp3) is 0.586. The maximum Gasteiger partial charge on any atom is 0.0854 e. The molecule has 30 heavy (non-hydrogen) atoms. The summed E-state index contributed by atoms with van der Waals surface area (Å²) in [6, 6.07) is 0. The summed E-state index contributed by atoms with van der Waals surface area (Å²) in [6.45, 7) is 16.8. The van der Waals surface area contributed by atoms with Crippen molar-refractivity contribution in [1.82, 2.24) is 0 Å². The van der Waals surface area contributed by atoms with E-state index < -0.39 is 0 Å². The van der Waals surface area contributed by atoms with Gasteiger partial charge in [0.15, 0.2) is 0 Å². The van der Waals surface area contributed by atoms with Gasteiger partial charge >= 0.3 is 0 Å². The van der Waals surface area contributed by atoms with Crippen molar-refractivity contribution < 1.29 is 5.11 Å². The Bertz CT molecular complexity index is 633. The number of hydrogen-bond donors (Lipinski definition) is 1. The van der Waals surface area contributed by atoms with E-state index in [0.29, 0.717) is 6.42 Å². The van der Waals surface area contributed by atoms with Crippen molar-refractivity contribution in [1.29, 1.82) is 0 Å². The van der Waals surface area contributed by atoms with Gasteiger partial charge in [-0.25, -0.2) is 0 Å². The summed E-state index contributed by atoms with van der Waals surface area (Å²) >= 11 is 0. The van der Waals surface area contributed by atoms with Crippen LogP contribution in [0.3, 0.4) is 0 Å². The molecule has 0 atom stereocenters. The molecule has 0 rings (SSSR count). The molecule has 0 spiro atoms. The molecule has 0 bridgehead atoms. The topological polar surface area (TPSA) is 20.2 Å². The second-order valence-electron chi connectivity index (χ2n) is 9.10. The van der Waals surface area contributed by atoms with Crippen LogP contribution in [0.5, 0.6) is 0 Å². The van der Waals surface area contributed by atoms with E-state index in [1.54, 1.807) is 0 Å². The normalized spacial score (nSPS) is 13.5. The van der Waals surface area contributed by atoms with Gasteiger partial charge in [-0.1, -0.05) is 64.8 Å². The molecule has 0 amide bonds. The Morgan fingerprint density at radius 3 is 1.30 bits per heavy atom. The van der Waals surface area contributed by atoms with E-state index in [0.717, 1.165) is 19.3 Å². The number of unbranched alkanes of at least 4 members (excludes halogenated alkanes) is 2. The van der Waals surface area contributed by atoms with Gasteiger partial charge in [-0.3, -0.25) is 0 Å². The number of rotatable bonds is 16. The molecule has 0 aromatic heterocycles. The summed E-state index contributed by atoms with van der Waals surface area (Å²) in [5, 5.41) is 9.16. The van der Waals surface area contributed by atoms with E-state index in [2.05, 4.69) is 78.5 Å². The highest BCUT2D eigenvalue weighted by molar-refractivity contribution is 5.07. The molecule has 0 aliphatic carbocycles. The third kappa shape index (κ3) is 19.6. The zero-order valence-electron chi connectivity index (χ0n) is 20.8.